The zero-order valence-corrected chi connectivity index (χ0v) is 15.9. The van der Waals surface area contributed by atoms with Crippen LogP contribution in [0.25, 0.3) is 0 Å². The van der Waals surface area contributed by atoms with Gasteiger partial charge in [0.1, 0.15) is 0 Å². The normalized spacial score (nSPS) is 14.5. The molecule has 1 aliphatic heterocycles. The topological polar surface area (TPSA) is 74.8 Å². The molecule has 0 radical (unpaired) electrons. The third-order valence-corrected chi connectivity index (χ3v) is 7.15. The second-order valence-corrected chi connectivity index (χ2v) is 9.25. The second-order valence-electron chi connectivity index (χ2n) is 5.51. The van der Waals surface area contributed by atoms with Crippen LogP contribution in [0.1, 0.15) is 32.5 Å². The highest BCUT2D eigenvalue weighted by Gasteiger charge is 2.34. The van der Waals surface area contributed by atoms with Gasteiger partial charge in [0, 0.05) is 25.0 Å². The van der Waals surface area contributed by atoms with Crippen LogP contribution in [0.2, 0.25) is 4.34 Å². The number of imide groups is 1. The number of rotatable bonds is 5. The van der Waals surface area contributed by atoms with Gasteiger partial charge in [0.05, 0.1) is 20.4 Å². The third-order valence-electron chi connectivity index (χ3n) is 4.01. The summed E-state index contributed by atoms with van der Waals surface area (Å²) in [6, 6.07) is 7.53. The van der Waals surface area contributed by atoms with Crippen molar-refractivity contribution in [2.24, 2.45) is 0 Å². The molecular weight excluding hydrogens is 384 g/mol. The SMILES string of the molecule is CCN(Cc1ccc(Cl)s1)S(=O)(=O)c1ccc2c(c1)C(=O)N(C)C2=O. The number of carbonyl (C=O) groups is 2. The minimum absolute atomic E-state index is 0.00722. The van der Waals surface area contributed by atoms with Gasteiger partial charge < -0.3 is 0 Å². The predicted octanol–water partition coefficient (Wildman–Crippen LogP) is 2.84. The van der Waals surface area contributed by atoms with E-state index in [-0.39, 0.29) is 29.1 Å². The minimum Gasteiger partial charge on any atom is -0.277 e. The molecule has 2 heterocycles. The molecule has 3 rings (SSSR count). The summed E-state index contributed by atoms with van der Waals surface area (Å²) in [5.41, 5.74) is 0.336. The molecule has 25 heavy (non-hydrogen) atoms. The lowest BCUT2D eigenvalue weighted by atomic mass is 10.1. The number of benzene rings is 1. The number of carbonyl (C=O) groups excluding carboxylic acids is 2. The molecule has 9 heteroatoms. The summed E-state index contributed by atoms with van der Waals surface area (Å²) in [6.07, 6.45) is 0. The van der Waals surface area contributed by atoms with Gasteiger partial charge in [0.2, 0.25) is 10.0 Å². The van der Waals surface area contributed by atoms with Gasteiger partial charge in [-0.2, -0.15) is 4.31 Å². The molecule has 1 aromatic carbocycles. The summed E-state index contributed by atoms with van der Waals surface area (Å²) in [5, 5.41) is 0. The fraction of sp³-hybridized carbons (Fsp3) is 0.250. The Kier molecular flexibility index (Phi) is 4.72. The number of sulfonamides is 1. The molecule has 1 aliphatic rings. The Balaban J connectivity index is 1.97. The van der Waals surface area contributed by atoms with Gasteiger partial charge in [-0.3, -0.25) is 14.5 Å². The van der Waals surface area contributed by atoms with Crippen molar-refractivity contribution in [3.63, 3.8) is 0 Å². The molecule has 1 aromatic heterocycles. The molecular formula is C16H15ClN2O4S2. The molecule has 0 aliphatic carbocycles. The van der Waals surface area contributed by atoms with Gasteiger partial charge in [-0.05, 0) is 30.3 Å². The molecule has 0 bridgehead atoms. The van der Waals surface area contributed by atoms with Crippen LogP contribution in [0.15, 0.2) is 35.2 Å². The fourth-order valence-electron chi connectivity index (χ4n) is 2.63. The lowest BCUT2D eigenvalue weighted by Gasteiger charge is -2.20. The fourth-order valence-corrected chi connectivity index (χ4v) is 5.27. The number of amides is 2. The Bertz CT molecular complexity index is 968. The Hall–Kier alpha value is -1.74. The van der Waals surface area contributed by atoms with E-state index in [1.54, 1.807) is 19.1 Å². The summed E-state index contributed by atoms with van der Waals surface area (Å²) in [5.74, 6) is -0.922. The molecule has 2 aromatic rings. The van der Waals surface area contributed by atoms with Crippen molar-refractivity contribution in [3.8, 4) is 0 Å². The van der Waals surface area contributed by atoms with Gasteiger partial charge in [-0.1, -0.05) is 18.5 Å². The Morgan fingerprint density at radius 1 is 1.12 bits per heavy atom. The highest BCUT2D eigenvalue weighted by atomic mass is 35.5. The van der Waals surface area contributed by atoms with E-state index in [1.807, 2.05) is 0 Å². The maximum absolute atomic E-state index is 12.9. The quantitative estimate of drug-likeness (QED) is 0.726. The highest BCUT2D eigenvalue weighted by Crippen LogP contribution is 2.28. The summed E-state index contributed by atoms with van der Waals surface area (Å²) < 4.78 is 27.8. The monoisotopic (exact) mass is 398 g/mol. The smallest absolute Gasteiger partial charge is 0.261 e. The number of nitrogens with zero attached hydrogens (tertiary/aromatic N) is 2. The van der Waals surface area contributed by atoms with Crippen molar-refractivity contribution >= 4 is 44.8 Å². The van der Waals surface area contributed by atoms with E-state index in [9.17, 15) is 18.0 Å². The molecule has 2 amide bonds. The van der Waals surface area contributed by atoms with Crippen molar-refractivity contribution in [1.82, 2.24) is 9.21 Å². The summed E-state index contributed by atoms with van der Waals surface area (Å²) in [6.45, 7) is 2.20. The van der Waals surface area contributed by atoms with Crippen molar-refractivity contribution in [3.05, 3.63) is 50.7 Å². The van der Waals surface area contributed by atoms with Gasteiger partial charge in [-0.25, -0.2) is 8.42 Å². The Labute approximate surface area is 154 Å². The maximum atomic E-state index is 12.9. The van der Waals surface area contributed by atoms with Crippen LogP contribution in [0.5, 0.6) is 0 Å². The molecule has 0 saturated carbocycles. The second kappa shape index (κ2) is 6.53. The number of thiophene rings is 1. The number of fused-ring (bicyclic) bond motifs is 1. The first-order chi connectivity index (χ1) is 11.8. The molecule has 0 N–H and O–H groups in total. The summed E-state index contributed by atoms with van der Waals surface area (Å²) >= 11 is 7.22. The molecule has 132 valence electrons. The van der Waals surface area contributed by atoms with Crippen LogP contribution in [0.4, 0.5) is 0 Å². The predicted molar refractivity (Wildman–Crippen MR) is 95.5 cm³/mol. The van der Waals surface area contributed by atoms with Gasteiger partial charge >= 0.3 is 0 Å². The lowest BCUT2D eigenvalue weighted by Crippen LogP contribution is -2.30. The van der Waals surface area contributed by atoms with Gasteiger partial charge in [-0.15, -0.1) is 11.3 Å². The first kappa shape index (κ1) is 18.1. The van der Waals surface area contributed by atoms with Crippen molar-refractivity contribution in [2.75, 3.05) is 13.6 Å². The van der Waals surface area contributed by atoms with E-state index < -0.39 is 21.8 Å². The average molecular weight is 399 g/mol. The van der Waals surface area contributed by atoms with Gasteiger partial charge in [0.15, 0.2) is 0 Å². The summed E-state index contributed by atoms with van der Waals surface area (Å²) in [7, 11) is -2.43. The average Bonchev–Trinajstić information content (AvgIpc) is 3.09. The molecule has 0 unspecified atom stereocenters. The van der Waals surface area contributed by atoms with Crippen molar-refractivity contribution in [1.29, 1.82) is 0 Å². The van der Waals surface area contributed by atoms with Crippen LogP contribution >= 0.6 is 22.9 Å². The first-order valence-corrected chi connectivity index (χ1v) is 10.1. The Morgan fingerprint density at radius 2 is 1.80 bits per heavy atom. The first-order valence-electron chi connectivity index (χ1n) is 7.46. The third kappa shape index (κ3) is 3.10. The molecule has 0 spiro atoms. The molecule has 0 atom stereocenters. The van der Waals surface area contributed by atoms with Gasteiger partial charge in [0.25, 0.3) is 11.8 Å². The number of hydrogen-bond donors (Lipinski definition) is 0. The Morgan fingerprint density at radius 3 is 2.40 bits per heavy atom. The van der Waals surface area contributed by atoms with E-state index in [1.165, 1.54) is 40.9 Å². The largest absolute Gasteiger partial charge is 0.277 e. The van der Waals surface area contributed by atoms with E-state index >= 15 is 0 Å². The van der Waals surface area contributed by atoms with Crippen LogP contribution in [-0.2, 0) is 16.6 Å². The minimum atomic E-state index is -3.81. The summed E-state index contributed by atoms with van der Waals surface area (Å²) in [4.78, 5) is 25.8. The van der Waals surface area contributed by atoms with Crippen LogP contribution in [-0.4, -0.2) is 43.0 Å². The van der Waals surface area contributed by atoms with E-state index in [0.717, 1.165) is 9.78 Å². The van der Waals surface area contributed by atoms with Crippen molar-refractivity contribution in [2.45, 2.75) is 18.4 Å². The lowest BCUT2D eigenvalue weighted by molar-refractivity contribution is 0.0693. The van der Waals surface area contributed by atoms with Crippen LogP contribution in [0.3, 0.4) is 0 Å². The van der Waals surface area contributed by atoms with E-state index in [0.29, 0.717) is 4.34 Å². The maximum Gasteiger partial charge on any atom is 0.261 e. The molecule has 0 fully saturated rings. The van der Waals surface area contributed by atoms with Crippen molar-refractivity contribution < 1.29 is 18.0 Å². The van der Waals surface area contributed by atoms with Crippen LogP contribution in [0, 0.1) is 0 Å². The molecule has 0 saturated heterocycles. The van der Waals surface area contributed by atoms with Crippen LogP contribution < -0.4 is 0 Å². The molecule has 6 nitrogen and oxygen atoms in total. The zero-order chi connectivity index (χ0) is 18.4. The number of hydrogen-bond acceptors (Lipinski definition) is 5. The van der Waals surface area contributed by atoms with E-state index in [2.05, 4.69) is 0 Å². The highest BCUT2D eigenvalue weighted by molar-refractivity contribution is 7.89. The number of halogens is 1. The van der Waals surface area contributed by atoms with E-state index in [4.69, 9.17) is 11.6 Å². The standard InChI is InChI=1S/C16H15ClN2O4S2/c1-3-19(9-10-4-7-14(17)24-10)25(22,23)11-5-6-12-13(8-11)16(21)18(2)15(12)20/h4-8H,3,9H2,1-2H3. The zero-order valence-electron chi connectivity index (χ0n) is 13.5.